The zero-order chi connectivity index (χ0) is 14.3. The summed E-state index contributed by atoms with van der Waals surface area (Å²) in [5, 5.41) is 2.69. The van der Waals surface area contributed by atoms with Crippen molar-refractivity contribution in [1.29, 1.82) is 0 Å². The summed E-state index contributed by atoms with van der Waals surface area (Å²) in [5.74, 6) is 0.346. The minimum atomic E-state index is -0.330. The molecule has 0 aliphatic carbocycles. The predicted octanol–water partition coefficient (Wildman–Crippen LogP) is 3.58. The molecule has 5 heteroatoms. The van der Waals surface area contributed by atoms with Gasteiger partial charge in [-0.1, -0.05) is 26.7 Å². The van der Waals surface area contributed by atoms with Crippen LogP contribution in [0, 0.1) is 5.92 Å². The van der Waals surface area contributed by atoms with Gasteiger partial charge >= 0.3 is 5.97 Å². The highest BCUT2D eigenvalue weighted by Gasteiger charge is 2.17. The van der Waals surface area contributed by atoms with Gasteiger partial charge in [0.1, 0.15) is 0 Å². The van der Waals surface area contributed by atoms with E-state index >= 15 is 0 Å². The van der Waals surface area contributed by atoms with E-state index in [1.54, 1.807) is 12.3 Å². The maximum atomic E-state index is 11.6. The number of anilines is 1. The number of aromatic nitrogens is 1. The predicted molar refractivity (Wildman–Crippen MR) is 80.0 cm³/mol. The number of nitrogens with zero attached hydrogens (tertiary/aromatic N) is 2. The SMILES string of the molecule is CCOC(=O)c1csc(N(CC)CC(CC)CC)n1. The van der Waals surface area contributed by atoms with Gasteiger partial charge in [0.05, 0.1) is 6.61 Å². The van der Waals surface area contributed by atoms with E-state index < -0.39 is 0 Å². The van der Waals surface area contributed by atoms with Crippen molar-refractivity contribution in [3.8, 4) is 0 Å². The van der Waals surface area contributed by atoms with Crippen LogP contribution < -0.4 is 4.90 Å². The van der Waals surface area contributed by atoms with Crippen molar-refractivity contribution in [2.45, 2.75) is 40.5 Å². The van der Waals surface area contributed by atoms with Crippen LogP contribution in [0.3, 0.4) is 0 Å². The molecule has 0 saturated carbocycles. The molecule has 0 amide bonds. The molecule has 0 fully saturated rings. The van der Waals surface area contributed by atoms with Crippen LogP contribution in [0.15, 0.2) is 5.38 Å². The van der Waals surface area contributed by atoms with Crippen LogP contribution in [0.2, 0.25) is 0 Å². The lowest BCUT2D eigenvalue weighted by Gasteiger charge is -2.24. The van der Waals surface area contributed by atoms with E-state index in [2.05, 4.69) is 30.7 Å². The van der Waals surface area contributed by atoms with E-state index in [4.69, 9.17) is 4.74 Å². The van der Waals surface area contributed by atoms with Gasteiger partial charge in [-0.15, -0.1) is 11.3 Å². The lowest BCUT2D eigenvalue weighted by Crippen LogP contribution is -2.29. The number of hydrogen-bond donors (Lipinski definition) is 0. The first-order valence-corrected chi connectivity index (χ1v) is 7.91. The van der Waals surface area contributed by atoms with Gasteiger partial charge in [-0.25, -0.2) is 9.78 Å². The second kappa shape index (κ2) is 8.15. The first-order chi connectivity index (χ1) is 9.15. The highest BCUT2D eigenvalue weighted by molar-refractivity contribution is 7.13. The molecular formula is C14H24N2O2S. The Kier molecular flexibility index (Phi) is 6.84. The van der Waals surface area contributed by atoms with Gasteiger partial charge < -0.3 is 9.64 Å². The summed E-state index contributed by atoms with van der Waals surface area (Å²) in [6, 6.07) is 0. The lowest BCUT2D eigenvalue weighted by molar-refractivity contribution is 0.0520. The van der Waals surface area contributed by atoms with Crippen molar-refractivity contribution in [2.75, 3.05) is 24.6 Å². The molecule has 0 aromatic carbocycles. The number of carbonyl (C=O) groups excluding carboxylic acids is 1. The van der Waals surface area contributed by atoms with E-state index in [9.17, 15) is 4.79 Å². The number of thiazole rings is 1. The number of ether oxygens (including phenoxy) is 1. The molecule has 0 atom stereocenters. The van der Waals surface area contributed by atoms with Gasteiger partial charge in [-0.05, 0) is 19.8 Å². The molecule has 1 heterocycles. The molecule has 0 bridgehead atoms. The number of hydrogen-bond acceptors (Lipinski definition) is 5. The quantitative estimate of drug-likeness (QED) is 0.684. The summed E-state index contributed by atoms with van der Waals surface area (Å²) in [7, 11) is 0. The molecule has 0 spiro atoms. The van der Waals surface area contributed by atoms with Gasteiger partial charge in [0.2, 0.25) is 0 Å². The smallest absolute Gasteiger partial charge is 0.357 e. The summed E-state index contributed by atoms with van der Waals surface area (Å²) in [5.41, 5.74) is 0.421. The van der Waals surface area contributed by atoms with Gasteiger partial charge in [-0.2, -0.15) is 0 Å². The zero-order valence-electron chi connectivity index (χ0n) is 12.3. The Morgan fingerprint density at radius 2 is 2.05 bits per heavy atom. The van der Waals surface area contributed by atoms with Crippen LogP contribution in [0.25, 0.3) is 0 Å². The molecule has 1 aromatic rings. The van der Waals surface area contributed by atoms with E-state index in [1.165, 1.54) is 24.2 Å². The summed E-state index contributed by atoms with van der Waals surface area (Å²) in [6.07, 6.45) is 2.34. The Hall–Kier alpha value is -1.10. The monoisotopic (exact) mass is 284 g/mol. The van der Waals surface area contributed by atoms with Crippen molar-refractivity contribution in [3.63, 3.8) is 0 Å². The Morgan fingerprint density at radius 3 is 2.58 bits per heavy atom. The van der Waals surface area contributed by atoms with Crippen molar-refractivity contribution in [3.05, 3.63) is 11.1 Å². The van der Waals surface area contributed by atoms with Crippen LogP contribution in [0.4, 0.5) is 5.13 Å². The summed E-state index contributed by atoms with van der Waals surface area (Å²) >= 11 is 1.51. The van der Waals surface area contributed by atoms with Crippen LogP contribution in [-0.2, 0) is 4.74 Å². The highest BCUT2D eigenvalue weighted by atomic mass is 32.1. The standard InChI is InChI=1S/C14H24N2O2S/c1-5-11(6-2)9-16(7-3)14-15-12(10-19-14)13(17)18-8-4/h10-11H,5-9H2,1-4H3. The van der Waals surface area contributed by atoms with Crippen LogP contribution in [-0.4, -0.2) is 30.6 Å². The van der Waals surface area contributed by atoms with Gasteiger partial charge in [0.25, 0.3) is 0 Å². The van der Waals surface area contributed by atoms with E-state index in [0.29, 0.717) is 18.2 Å². The molecule has 108 valence electrons. The van der Waals surface area contributed by atoms with Crippen molar-refractivity contribution < 1.29 is 9.53 Å². The minimum absolute atomic E-state index is 0.330. The van der Waals surface area contributed by atoms with Gasteiger partial charge in [0, 0.05) is 18.5 Å². The Balaban J connectivity index is 2.74. The van der Waals surface area contributed by atoms with Gasteiger partial charge in [0.15, 0.2) is 10.8 Å². The second-order valence-electron chi connectivity index (χ2n) is 4.46. The highest BCUT2D eigenvalue weighted by Crippen LogP contribution is 2.23. The fourth-order valence-corrected chi connectivity index (χ4v) is 2.78. The average molecular weight is 284 g/mol. The third-order valence-corrected chi connectivity index (χ3v) is 4.16. The van der Waals surface area contributed by atoms with E-state index in [1.807, 2.05) is 0 Å². The fourth-order valence-electron chi connectivity index (χ4n) is 1.91. The second-order valence-corrected chi connectivity index (χ2v) is 5.29. The molecular weight excluding hydrogens is 260 g/mol. The molecule has 1 rings (SSSR count). The first kappa shape index (κ1) is 16.0. The van der Waals surface area contributed by atoms with E-state index in [0.717, 1.165) is 18.2 Å². The molecule has 4 nitrogen and oxygen atoms in total. The average Bonchev–Trinajstić information content (AvgIpc) is 2.90. The van der Waals surface area contributed by atoms with Crippen LogP contribution in [0.1, 0.15) is 51.0 Å². The Morgan fingerprint density at radius 1 is 1.37 bits per heavy atom. The number of rotatable bonds is 8. The summed E-state index contributed by atoms with van der Waals surface area (Å²) in [4.78, 5) is 18.2. The number of carbonyl (C=O) groups is 1. The van der Waals surface area contributed by atoms with Crippen LogP contribution in [0.5, 0.6) is 0 Å². The van der Waals surface area contributed by atoms with Crippen molar-refractivity contribution in [2.24, 2.45) is 5.92 Å². The van der Waals surface area contributed by atoms with Crippen molar-refractivity contribution >= 4 is 22.4 Å². The molecule has 0 radical (unpaired) electrons. The lowest BCUT2D eigenvalue weighted by atomic mass is 10.0. The minimum Gasteiger partial charge on any atom is -0.461 e. The number of esters is 1. The topological polar surface area (TPSA) is 42.4 Å². The maximum Gasteiger partial charge on any atom is 0.357 e. The van der Waals surface area contributed by atoms with Gasteiger partial charge in [-0.3, -0.25) is 0 Å². The molecule has 0 aliphatic heterocycles. The van der Waals surface area contributed by atoms with Crippen molar-refractivity contribution in [1.82, 2.24) is 4.98 Å². The molecule has 0 N–H and O–H groups in total. The fraction of sp³-hybridized carbons (Fsp3) is 0.714. The normalized spacial score (nSPS) is 10.8. The third kappa shape index (κ3) is 4.49. The van der Waals surface area contributed by atoms with Crippen LogP contribution >= 0.6 is 11.3 Å². The maximum absolute atomic E-state index is 11.6. The molecule has 19 heavy (non-hydrogen) atoms. The Bertz CT molecular complexity index is 389. The third-order valence-electron chi connectivity index (χ3n) is 3.26. The Labute approximate surface area is 119 Å². The molecule has 0 unspecified atom stereocenters. The summed E-state index contributed by atoms with van der Waals surface area (Å²) < 4.78 is 4.96. The van der Waals surface area contributed by atoms with E-state index in [-0.39, 0.29) is 5.97 Å². The molecule has 0 saturated heterocycles. The molecule has 1 aromatic heterocycles. The summed E-state index contributed by atoms with van der Waals surface area (Å²) in [6.45, 7) is 10.6. The zero-order valence-corrected chi connectivity index (χ0v) is 13.1. The molecule has 0 aliphatic rings. The first-order valence-electron chi connectivity index (χ1n) is 7.03. The largest absolute Gasteiger partial charge is 0.461 e.